The molecule has 1 atom stereocenters. The van der Waals surface area contributed by atoms with Crippen molar-refractivity contribution in [3.63, 3.8) is 0 Å². The van der Waals surface area contributed by atoms with Crippen LogP contribution in [0.4, 0.5) is 5.69 Å². The summed E-state index contributed by atoms with van der Waals surface area (Å²) in [6, 6.07) is 3.58. The summed E-state index contributed by atoms with van der Waals surface area (Å²) in [5, 5.41) is 3.91. The molecule has 1 saturated heterocycles. The van der Waals surface area contributed by atoms with Gasteiger partial charge in [0, 0.05) is 25.9 Å². The number of rotatable bonds is 2. The van der Waals surface area contributed by atoms with E-state index in [1.54, 1.807) is 16.8 Å². The van der Waals surface area contributed by atoms with E-state index in [1.807, 2.05) is 24.9 Å². The molecule has 0 spiro atoms. The maximum absolute atomic E-state index is 12.7. The number of nitrogens with two attached hydrogens (primary N) is 1. The lowest BCUT2D eigenvalue weighted by atomic mass is 10.1. The van der Waals surface area contributed by atoms with Gasteiger partial charge in [0.25, 0.3) is 5.91 Å². The van der Waals surface area contributed by atoms with Crippen LogP contribution in [0.1, 0.15) is 40.8 Å². The van der Waals surface area contributed by atoms with E-state index in [0.29, 0.717) is 11.4 Å². The van der Waals surface area contributed by atoms with Gasteiger partial charge in [0.05, 0.1) is 17.4 Å². The van der Waals surface area contributed by atoms with Crippen molar-refractivity contribution in [3.8, 4) is 0 Å². The quantitative estimate of drug-likeness (QED) is 0.907. The first-order valence-electron chi connectivity index (χ1n) is 6.72. The van der Waals surface area contributed by atoms with Gasteiger partial charge in [-0.3, -0.25) is 4.79 Å². The molecule has 3 heterocycles. The molecule has 6 nitrogen and oxygen atoms in total. The number of hydrogen-bond donors (Lipinski definition) is 1. The van der Waals surface area contributed by atoms with E-state index in [2.05, 4.69) is 5.16 Å². The standard InChI is InChI=1S/C14H18N4O2/c1-9-6-13(20-16-9)11-4-3-5-18(11)14(19)12-7-10(15)8-17(12)2/h6-8,11H,3-5,15H2,1-2H3. The fraction of sp³-hybridized carbons (Fsp3) is 0.429. The highest BCUT2D eigenvalue weighted by atomic mass is 16.5. The molecule has 0 bridgehead atoms. The van der Waals surface area contributed by atoms with Crippen molar-refractivity contribution in [2.24, 2.45) is 7.05 Å². The van der Waals surface area contributed by atoms with Crippen LogP contribution in [-0.4, -0.2) is 27.1 Å². The SMILES string of the molecule is Cc1cc(C2CCCN2C(=O)c2cc(N)cn2C)on1. The monoisotopic (exact) mass is 274 g/mol. The zero-order valence-electron chi connectivity index (χ0n) is 11.7. The Balaban J connectivity index is 1.89. The Bertz CT molecular complexity index is 643. The first kappa shape index (κ1) is 12.8. The summed E-state index contributed by atoms with van der Waals surface area (Å²) in [7, 11) is 1.83. The highest BCUT2D eigenvalue weighted by Gasteiger charge is 2.34. The van der Waals surface area contributed by atoms with E-state index in [-0.39, 0.29) is 11.9 Å². The van der Waals surface area contributed by atoms with Crippen LogP contribution in [0, 0.1) is 6.92 Å². The topological polar surface area (TPSA) is 77.3 Å². The lowest BCUT2D eigenvalue weighted by Gasteiger charge is -2.22. The molecule has 2 aromatic heterocycles. The number of likely N-dealkylation sites (tertiary alicyclic amines) is 1. The third-order valence-electron chi connectivity index (χ3n) is 3.73. The van der Waals surface area contributed by atoms with Gasteiger partial charge in [-0.15, -0.1) is 0 Å². The molecule has 0 aromatic carbocycles. The molecule has 1 aliphatic rings. The molecule has 3 rings (SSSR count). The third-order valence-corrected chi connectivity index (χ3v) is 3.73. The third kappa shape index (κ3) is 2.07. The van der Waals surface area contributed by atoms with Gasteiger partial charge < -0.3 is 19.7 Å². The maximum atomic E-state index is 12.7. The zero-order chi connectivity index (χ0) is 14.3. The van der Waals surface area contributed by atoms with Crippen molar-refractivity contribution < 1.29 is 9.32 Å². The predicted octanol–water partition coefficient (Wildman–Crippen LogP) is 1.88. The lowest BCUT2D eigenvalue weighted by molar-refractivity contribution is 0.0705. The first-order chi connectivity index (χ1) is 9.56. The van der Waals surface area contributed by atoms with Crippen molar-refractivity contribution in [3.05, 3.63) is 35.5 Å². The predicted molar refractivity (Wildman–Crippen MR) is 74.1 cm³/mol. The van der Waals surface area contributed by atoms with Crippen LogP contribution in [-0.2, 0) is 7.05 Å². The average molecular weight is 274 g/mol. The Kier molecular flexibility index (Phi) is 3.00. The van der Waals surface area contributed by atoms with Crippen LogP contribution in [0.2, 0.25) is 0 Å². The highest BCUT2D eigenvalue weighted by molar-refractivity contribution is 5.94. The molecule has 0 aliphatic carbocycles. The molecule has 20 heavy (non-hydrogen) atoms. The molecule has 6 heteroatoms. The van der Waals surface area contributed by atoms with Gasteiger partial charge in [-0.25, -0.2) is 0 Å². The summed E-state index contributed by atoms with van der Waals surface area (Å²) >= 11 is 0. The smallest absolute Gasteiger partial charge is 0.271 e. The minimum Gasteiger partial charge on any atom is -0.397 e. The summed E-state index contributed by atoms with van der Waals surface area (Å²) in [6.07, 6.45) is 3.62. The van der Waals surface area contributed by atoms with Gasteiger partial charge in [0.15, 0.2) is 5.76 Å². The number of aryl methyl sites for hydroxylation is 2. The van der Waals surface area contributed by atoms with Crippen LogP contribution in [0.15, 0.2) is 22.9 Å². The first-order valence-corrected chi connectivity index (χ1v) is 6.72. The van der Waals surface area contributed by atoms with Gasteiger partial charge in [0.2, 0.25) is 0 Å². The molecule has 2 aromatic rings. The number of aromatic nitrogens is 2. The van der Waals surface area contributed by atoms with E-state index < -0.39 is 0 Å². The van der Waals surface area contributed by atoms with Crippen LogP contribution >= 0.6 is 0 Å². The van der Waals surface area contributed by atoms with Crippen LogP contribution < -0.4 is 5.73 Å². The van der Waals surface area contributed by atoms with Crippen LogP contribution in [0.3, 0.4) is 0 Å². The fourth-order valence-electron chi connectivity index (χ4n) is 2.80. The summed E-state index contributed by atoms with van der Waals surface area (Å²) < 4.78 is 7.09. The minimum absolute atomic E-state index is 0.0132. The van der Waals surface area contributed by atoms with Crippen LogP contribution in [0.25, 0.3) is 0 Å². The summed E-state index contributed by atoms with van der Waals surface area (Å²) in [6.45, 7) is 2.61. The van der Waals surface area contributed by atoms with Gasteiger partial charge in [0.1, 0.15) is 5.69 Å². The molecule has 1 fully saturated rings. The Morgan fingerprint density at radius 3 is 2.90 bits per heavy atom. The van der Waals surface area contributed by atoms with Crippen molar-refractivity contribution in [1.82, 2.24) is 14.6 Å². The molecule has 1 amide bonds. The molecular weight excluding hydrogens is 256 g/mol. The largest absolute Gasteiger partial charge is 0.397 e. The Morgan fingerprint density at radius 1 is 1.50 bits per heavy atom. The molecule has 0 radical (unpaired) electrons. The van der Waals surface area contributed by atoms with E-state index >= 15 is 0 Å². The number of carbonyl (C=O) groups is 1. The highest BCUT2D eigenvalue weighted by Crippen LogP contribution is 2.33. The molecule has 1 unspecified atom stereocenters. The number of nitrogens with zero attached hydrogens (tertiary/aromatic N) is 3. The second-order valence-corrected chi connectivity index (χ2v) is 5.30. The number of amides is 1. The molecule has 2 N–H and O–H groups in total. The summed E-state index contributed by atoms with van der Waals surface area (Å²) in [5.74, 6) is 0.747. The number of anilines is 1. The number of hydrogen-bond acceptors (Lipinski definition) is 4. The second-order valence-electron chi connectivity index (χ2n) is 5.30. The number of nitrogen functional groups attached to an aromatic ring is 1. The van der Waals surface area contributed by atoms with Gasteiger partial charge >= 0.3 is 0 Å². The van der Waals surface area contributed by atoms with Crippen LogP contribution in [0.5, 0.6) is 0 Å². The van der Waals surface area contributed by atoms with Crippen molar-refractivity contribution >= 4 is 11.6 Å². The fourth-order valence-corrected chi connectivity index (χ4v) is 2.80. The molecule has 0 saturated carbocycles. The Morgan fingerprint density at radius 2 is 2.30 bits per heavy atom. The molecule has 106 valence electrons. The zero-order valence-corrected chi connectivity index (χ0v) is 11.7. The van der Waals surface area contributed by atoms with Crippen molar-refractivity contribution in [1.29, 1.82) is 0 Å². The summed E-state index contributed by atoms with van der Waals surface area (Å²) in [5.41, 5.74) is 7.78. The molecular formula is C14H18N4O2. The van der Waals surface area contributed by atoms with Gasteiger partial charge in [-0.2, -0.15) is 0 Å². The maximum Gasteiger partial charge on any atom is 0.271 e. The summed E-state index contributed by atoms with van der Waals surface area (Å²) in [4.78, 5) is 14.5. The van der Waals surface area contributed by atoms with Gasteiger partial charge in [-0.1, -0.05) is 5.16 Å². The van der Waals surface area contributed by atoms with Crippen molar-refractivity contribution in [2.75, 3.05) is 12.3 Å². The van der Waals surface area contributed by atoms with E-state index in [9.17, 15) is 4.79 Å². The normalized spacial score (nSPS) is 18.7. The Labute approximate surface area is 117 Å². The van der Waals surface area contributed by atoms with E-state index in [0.717, 1.165) is 30.8 Å². The second kappa shape index (κ2) is 4.70. The number of carbonyl (C=O) groups excluding carboxylic acids is 1. The van der Waals surface area contributed by atoms with Gasteiger partial charge in [-0.05, 0) is 25.8 Å². The lowest BCUT2D eigenvalue weighted by Crippen LogP contribution is -2.31. The van der Waals surface area contributed by atoms with Crippen molar-refractivity contribution in [2.45, 2.75) is 25.8 Å². The minimum atomic E-state index is -0.0279. The van der Waals surface area contributed by atoms with E-state index in [4.69, 9.17) is 10.3 Å². The van der Waals surface area contributed by atoms with E-state index in [1.165, 1.54) is 0 Å². The Hall–Kier alpha value is -2.24. The average Bonchev–Trinajstić information content (AvgIpc) is 3.08. The molecule has 1 aliphatic heterocycles.